The number of thiol groups is 2. The fraction of sp³-hybridized carbons (Fsp3) is 0.480. The number of halogens is 1. The maximum absolute atomic E-state index is 16.5. The maximum atomic E-state index is 16.5. The molecule has 4 aliphatic rings. The lowest BCUT2D eigenvalue weighted by Crippen LogP contribution is -2.54. The second kappa shape index (κ2) is 29.1. The number of imide groups is 1. The molecule has 3 fully saturated rings. The number of nitrogens with two attached hydrogens (primary N) is 3. The van der Waals surface area contributed by atoms with E-state index in [4.69, 9.17) is 59.0 Å². The Hall–Kier alpha value is -8.33. The third kappa shape index (κ3) is 16.5. The lowest BCUT2D eigenvalue weighted by atomic mass is 10.0. The number of likely N-dealkylation sites (N-methyl/N-ethyl adjacent to an activating group) is 1. The van der Waals surface area contributed by atoms with E-state index < -0.39 is 154 Å². The van der Waals surface area contributed by atoms with Gasteiger partial charge in [-0.3, -0.25) is 65.9 Å². The minimum Gasteiger partial charge on any atom is -0.445 e. The number of nitrogens with zero attached hydrogens (tertiary/aromatic N) is 9. The molecule has 11 N–H and O–H groups in total. The first kappa shape index (κ1) is 68.0. The van der Waals surface area contributed by atoms with Gasteiger partial charge in [0.2, 0.25) is 23.7 Å². The summed E-state index contributed by atoms with van der Waals surface area (Å²) in [5, 5.41) is 10.4. The molecule has 3 saturated heterocycles. The fourth-order valence-electron chi connectivity index (χ4n) is 9.75. The van der Waals surface area contributed by atoms with E-state index in [0.29, 0.717) is 5.56 Å². The van der Waals surface area contributed by atoms with Gasteiger partial charge in [-0.05, 0) is 36.5 Å². The number of fused-ring (bicyclic) bond motifs is 4. The van der Waals surface area contributed by atoms with Crippen LogP contribution in [-0.2, 0) is 81.5 Å². The molecule has 0 bridgehead atoms. The van der Waals surface area contributed by atoms with Crippen molar-refractivity contribution in [2.75, 3.05) is 63.3 Å². The minimum absolute atomic E-state index is 0.0164. The number of carbonyl (C=O) groups excluding carboxylic acids is 8. The number of aromatic nitrogens is 8. The summed E-state index contributed by atoms with van der Waals surface area (Å²) in [6.45, 7) is -8.93. The van der Waals surface area contributed by atoms with Crippen molar-refractivity contribution in [1.29, 1.82) is 0 Å². The van der Waals surface area contributed by atoms with Crippen LogP contribution in [0.3, 0.4) is 0 Å². The number of rotatable bonds is 21. The Morgan fingerprint density at radius 1 is 0.848 bits per heavy atom. The number of amides is 8. The fourth-order valence-corrected chi connectivity index (χ4v) is 12.7. The summed E-state index contributed by atoms with van der Waals surface area (Å²) < 4.78 is 98.5. The first-order chi connectivity index (χ1) is 43.6. The number of nitrogens with one attached hydrogen (secondary N) is 5. The quantitative estimate of drug-likeness (QED) is 0.0163. The van der Waals surface area contributed by atoms with Gasteiger partial charge in [0, 0.05) is 44.4 Å². The molecule has 4 aliphatic heterocycles. The summed E-state index contributed by atoms with van der Waals surface area (Å²) in [5.41, 5.74) is 16.6. The van der Waals surface area contributed by atoms with Gasteiger partial charge in [-0.15, -0.1) is 0 Å². The Labute approximate surface area is 529 Å². The second-order valence-electron chi connectivity index (χ2n) is 21.1. The summed E-state index contributed by atoms with van der Waals surface area (Å²) in [6.07, 6.45) is -10.6. The average Bonchev–Trinajstić information content (AvgIpc) is 1.63. The van der Waals surface area contributed by atoms with Crippen LogP contribution in [0, 0.1) is 5.92 Å². The number of primary amides is 1. The van der Waals surface area contributed by atoms with Crippen LogP contribution in [-0.4, -0.2) is 192 Å². The molecule has 0 saturated carbocycles. The summed E-state index contributed by atoms with van der Waals surface area (Å²) >= 11 is 8.26. The van der Waals surface area contributed by atoms with E-state index in [9.17, 15) is 52.3 Å². The number of anilines is 3. The molecule has 37 nitrogen and oxygen atoms in total. The number of carbonyl (C=O) groups is 8. The number of imidazole rings is 2. The largest absolute Gasteiger partial charge is 0.508 e. The number of alkyl halides is 1. The van der Waals surface area contributed by atoms with E-state index in [-0.39, 0.29) is 85.3 Å². The van der Waals surface area contributed by atoms with Crippen molar-refractivity contribution in [1.82, 2.24) is 64.8 Å². The lowest BCUT2D eigenvalue weighted by molar-refractivity contribution is -0.137. The van der Waals surface area contributed by atoms with Gasteiger partial charge >= 0.3 is 31.9 Å². The smallest absolute Gasteiger partial charge is 0.445 e. The number of benzene rings is 1. The molecule has 0 radical (unpaired) electrons. The van der Waals surface area contributed by atoms with Crippen LogP contribution in [0.1, 0.15) is 51.1 Å². The predicted molar refractivity (Wildman–Crippen MR) is 320 cm³/mol. The number of aromatic amines is 1. The van der Waals surface area contributed by atoms with Gasteiger partial charge in [0.1, 0.15) is 61.6 Å². The number of hydrogen-bond donors (Lipinski definition) is 10. The van der Waals surface area contributed by atoms with Crippen LogP contribution in [0.5, 0.6) is 0 Å². The van der Waals surface area contributed by atoms with Crippen molar-refractivity contribution in [2.24, 2.45) is 11.7 Å². The number of urea groups is 1. The number of nitrogen functional groups attached to an aromatic ring is 2. The Bertz CT molecular complexity index is 3810. The Morgan fingerprint density at radius 2 is 1.49 bits per heavy atom. The van der Waals surface area contributed by atoms with Crippen molar-refractivity contribution in [2.45, 2.75) is 101 Å². The molecule has 12 atom stereocenters. The number of hydrogen-bond acceptors (Lipinski definition) is 27. The number of ether oxygens (including phenoxy) is 5. The normalized spacial score (nSPS) is 25.4. The molecule has 496 valence electrons. The van der Waals surface area contributed by atoms with Gasteiger partial charge in [0.15, 0.2) is 47.4 Å². The highest BCUT2D eigenvalue weighted by atomic mass is 32.7. The van der Waals surface area contributed by atoms with Crippen LogP contribution in [0.15, 0.2) is 60.2 Å². The van der Waals surface area contributed by atoms with E-state index in [1.807, 2.05) is 0 Å². The van der Waals surface area contributed by atoms with Crippen molar-refractivity contribution in [3.8, 4) is 0 Å². The molecule has 0 unspecified atom stereocenters. The number of H-pyrrole nitrogens is 1. The zero-order chi connectivity index (χ0) is 66.3. The van der Waals surface area contributed by atoms with Crippen molar-refractivity contribution in [3.05, 3.63) is 71.3 Å². The summed E-state index contributed by atoms with van der Waals surface area (Å²) in [4.78, 5) is 140. The second-order valence-corrected chi connectivity index (χ2v) is 26.9. The van der Waals surface area contributed by atoms with Crippen LogP contribution in [0.4, 0.5) is 36.2 Å². The van der Waals surface area contributed by atoms with Gasteiger partial charge in [-0.2, -0.15) is 4.98 Å². The average molecular weight is 1370 g/mol. The van der Waals surface area contributed by atoms with E-state index >= 15 is 4.39 Å². The van der Waals surface area contributed by atoms with Crippen LogP contribution < -0.4 is 44.0 Å². The van der Waals surface area contributed by atoms with E-state index in [0.717, 1.165) is 39.2 Å². The SMILES string of the molecule is CC(C)[C@H](NC(=O)CCN1C(=O)C=CC1=O)C(=O)N[C@@H](CCCNC(N)=O)C(=O)Nc1ccc(COC(=O)N(C)CCOC(=O)O[C@@H]2[C@@H]3O[P@](=O)(S)OC[C@H]4O[C@@H](n5cnc6c(N)ncnc65)[C@H](F)[C@@H]4O[P@@](=O)(S)OC[C@H]3O[C@H]2n2cnc3c(=O)[nH]c(N)nc32)cc1. The van der Waals surface area contributed by atoms with Crippen molar-refractivity contribution in [3.63, 3.8) is 0 Å². The molecular weight excluding hydrogens is 1300 g/mol. The molecule has 5 aromatic rings. The topological polar surface area (TPSA) is 494 Å². The molecule has 1 aromatic carbocycles. The van der Waals surface area contributed by atoms with E-state index in [1.165, 1.54) is 42.2 Å². The third-order valence-electron chi connectivity index (χ3n) is 14.4. The van der Waals surface area contributed by atoms with Gasteiger partial charge in [0.05, 0.1) is 32.4 Å². The molecule has 9 rings (SSSR count). The Morgan fingerprint density at radius 3 is 2.16 bits per heavy atom. The first-order valence-electron chi connectivity index (χ1n) is 27.8. The van der Waals surface area contributed by atoms with E-state index in [1.54, 1.807) is 13.8 Å². The van der Waals surface area contributed by atoms with Crippen molar-refractivity contribution >= 4 is 126 Å². The first-order valence-corrected chi connectivity index (χ1v) is 33.2. The molecule has 8 heterocycles. The summed E-state index contributed by atoms with van der Waals surface area (Å²) in [6, 6.07) is 2.93. The van der Waals surface area contributed by atoms with Crippen molar-refractivity contribution < 1.29 is 93.7 Å². The standard InChI is InChI=1S/C50H62FN17O20P2S2/c1-23(2)33(62-29(69)12-14-66-30(70)10-11-31(66)71)43(73)61-26(5-4-13-55-48(54)75)42(72)60-25-8-6-24(7-9-25)17-81-49(76)65(3)15-16-80-50(77)86-38-37-28(85-46(38)68-22-59-35-41(68)63-47(53)64-44(35)74)19-83-89(78,91)87-36-27(18-82-90(79,92)88-37)84-45(32(36)51)67-21-58-34-39(52)56-20-57-40(34)67/h6-11,20-23,26-28,32-33,36-38,45-46H,4-5,12-19H2,1-3H3,(H,60,72)(H,61,73)(H,62,69)(H,78,91)(H,79,92)(H2,52,56,57)(H3,54,55,75)(H3,53,63,64,74)/t26-,27+,28+,32+,33-,36+,37+,38+,45+,46+,89-,90+/m0/s1. The zero-order valence-electron chi connectivity index (χ0n) is 48.7. The van der Waals surface area contributed by atoms with Crippen LogP contribution in [0.2, 0.25) is 0 Å². The highest BCUT2D eigenvalue weighted by molar-refractivity contribution is 8.44. The van der Waals surface area contributed by atoms with Crippen LogP contribution in [0.25, 0.3) is 22.3 Å². The molecule has 92 heavy (non-hydrogen) atoms. The van der Waals surface area contributed by atoms with E-state index in [2.05, 4.69) is 75.7 Å². The monoisotopic (exact) mass is 1370 g/mol. The molecule has 0 spiro atoms. The molecule has 8 amide bonds. The Kier molecular flexibility index (Phi) is 21.5. The zero-order valence-corrected chi connectivity index (χ0v) is 52.3. The summed E-state index contributed by atoms with van der Waals surface area (Å²) in [5.74, 6) is -4.00. The molecule has 4 aromatic heterocycles. The van der Waals surface area contributed by atoms with Gasteiger partial charge in [0.25, 0.3) is 17.4 Å². The lowest BCUT2D eigenvalue weighted by Gasteiger charge is -2.29. The van der Waals surface area contributed by atoms with Gasteiger partial charge in [-0.1, -0.05) is 50.5 Å². The molecular formula is C50H62FN17O20P2S2. The van der Waals surface area contributed by atoms with Gasteiger partial charge in [-0.25, -0.2) is 47.8 Å². The van der Waals surface area contributed by atoms with Gasteiger partial charge < -0.3 is 67.1 Å². The molecule has 42 heteroatoms. The highest BCUT2D eigenvalue weighted by Gasteiger charge is 2.56. The highest BCUT2D eigenvalue weighted by Crippen LogP contribution is 2.61. The molecule has 0 aliphatic carbocycles. The third-order valence-corrected chi connectivity index (χ3v) is 17.6. The maximum Gasteiger partial charge on any atom is 0.508 e. The Balaban J connectivity index is 0.805. The summed E-state index contributed by atoms with van der Waals surface area (Å²) in [7, 11) is 1.33. The minimum atomic E-state index is -4.71. The predicted octanol–water partition coefficient (Wildman–Crippen LogP) is 1.27. The van der Waals surface area contributed by atoms with Crippen LogP contribution >= 0.6 is 38.1 Å².